The fourth-order valence-electron chi connectivity index (χ4n) is 1.39. The predicted molar refractivity (Wildman–Crippen MR) is 62.9 cm³/mol. The van der Waals surface area contributed by atoms with Crippen molar-refractivity contribution in [2.45, 2.75) is 18.6 Å². The smallest absolute Gasteiger partial charge is 0.153 e. The van der Waals surface area contributed by atoms with E-state index in [1.54, 1.807) is 6.07 Å². The normalized spacial score (nSPS) is 14.4. The molecule has 0 saturated heterocycles. The van der Waals surface area contributed by atoms with Gasteiger partial charge < -0.3 is 15.3 Å². The summed E-state index contributed by atoms with van der Waals surface area (Å²) < 4.78 is 0. The van der Waals surface area contributed by atoms with Gasteiger partial charge in [-0.2, -0.15) is 0 Å². The van der Waals surface area contributed by atoms with Crippen molar-refractivity contribution in [1.29, 1.82) is 0 Å². The minimum Gasteiger partial charge on any atom is -0.507 e. The van der Waals surface area contributed by atoms with Gasteiger partial charge in [-0.25, -0.2) is 0 Å². The number of para-hydroxylation sites is 1. The van der Waals surface area contributed by atoms with Gasteiger partial charge in [-0.05, 0) is 12.5 Å². The zero-order valence-corrected chi connectivity index (χ0v) is 10.1. The maximum atomic E-state index is 10.6. The molecule has 0 aliphatic heterocycles. The number of hydrogen-bond donors (Lipinski definition) is 3. The molecule has 5 heteroatoms. The number of aromatic hydroxyl groups is 1. The summed E-state index contributed by atoms with van der Waals surface area (Å²) in [5.41, 5.74) is 0.264. The van der Waals surface area contributed by atoms with Crippen molar-refractivity contribution in [3.8, 4) is 5.75 Å². The fraction of sp³-hybridized carbons (Fsp3) is 0.364. The monoisotopic (exact) mass is 288 g/mol. The van der Waals surface area contributed by atoms with Crippen LogP contribution in [0.3, 0.4) is 0 Å². The van der Waals surface area contributed by atoms with Crippen LogP contribution in [0.5, 0.6) is 5.75 Å². The molecule has 1 aromatic carbocycles. The third-order valence-corrected chi connectivity index (χ3v) is 2.77. The van der Waals surface area contributed by atoms with Gasteiger partial charge in [0.05, 0.1) is 11.7 Å². The molecule has 88 valence electrons. The van der Waals surface area contributed by atoms with E-state index in [4.69, 9.17) is 0 Å². The molecule has 0 fully saturated rings. The second-order valence-corrected chi connectivity index (χ2v) is 4.19. The van der Waals surface area contributed by atoms with Crippen LogP contribution in [0.25, 0.3) is 0 Å². The van der Waals surface area contributed by atoms with Crippen LogP contribution < -0.4 is 0 Å². The van der Waals surface area contributed by atoms with E-state index in [9.17, 15) is 20.1 Å². The first-order valence-electron chi connectivity index (χ1n) is 4.81. The molecule has 0 aromatic heterocycles. The van der Waals surface area contributed by atoms with Gasteiger partial charge in [0, 0.05) is 10.9 Å². The third kappa shape index (κ3) is 2.81. The van der Waals surface area contributed by atoms with E-state index in [0.717, 1.165) is 0 Å². The second-order valence-electron chi connectivity index (χ2n) is 3.39. The summed E-state index contributed by atoms with van der Waals surface area (Å²) in [4.78, 5) is 10.6. The number of carbonyl (C=O) groups is 1. The van der Waals surface area contributed by atoms with Gasteiger partial charge in [0.25, 0.3) is 0 Å². The highest BCUT2D eigenvalue weighted by Crippen LogP contribution is 2.29. The van der Waals surface area contributed by atoms with Crippen molar-refractivity contribution in [2.75, 3.05) is 5.33 Å². The Hall–Kier alpha value is -0.910. The standard InChI is InChI=1S/C11H13BrO4/c12-5-4-9(14)11(16)8-3-1-2-7(6-13)10(8)15/h1-3,6,9,11,14-16H,4-5H2. The molecule has 1 rings (SSSR count). The van der Waals surface area contributed by atoms with Crippen LogP contribution in [0, 0.1) is 0 Å². The summed E-state index contributed by atoms with van der Waals surface area (Å²) in [5.74, 6) is -0.279. The molecular weight excluding hydrogens is 276 g/mol. The molecule has 2 unspecified atom stereocenters. The third-order valence-electron chi connectivity index (χ3n) is 2.31. The van der Waals surface area contributed by atoms with Crippen LogP contribution in [0.4, 0.5) is 0 Å². The molecule has 0 aliphatic carbocycles. The summed E-state index contributed by atoms with van der Waals surface area (Å²) in [6, 6.07) is 4.46. The zero-order valence-electron chi connectivity index (χ0n) is 8.51. The number of aliphatic hydroxyl groups excluding tert-OH is 2. The SMILES string of the molecule is O=Cc1cccc(C(O)C(O)CCBr)c1O. The van der Waals surface area contributed by atoms with Crippen LogP contribution in [-0.4, -0.2) is 33.0 Å². The van der Waals surface area contributed by atoms with Crippen molar-refractivity contribution in [3.05, 3.63) is 29.3 Å². The van der Waals surface area contributed by atoms with Gasteiger partial charge in [-0.3, -0.25) is 4.79 Å². The van der Waals surface area contributed by atoms with Crippen molar-refractivity contribution in [2.24, 2.45) is 0 Å². The van der Waals surface area contributed by atoms with Crippen molar-refractivity contribution < 1.29 is 20.1 Å². The Balaban J connectivity index is 2.99. The van der Waals surface area contributed by atoms with Gasteiger partial charge in [0.15, 0.2) is 6.29 Å². The Morgan fingerprint density at radius 3 is 2.62 bits per heavy atom. The molecule has 4 nitrogen and oxygen atoms in total. The molecule has 0 saturated carbocycles. The molecule has 0 amide bonds. The molecule has 0 bridgehead atoms. The molecule has 0 aliphatic rings. The Morgan fingerprint density at radius 1 is 1.38 bits per heavy atom. The first kappa shape index (κ1) is 13.2. The van der Waals surface area contributed by atoms with Crippen LogP contribution in [0.15, 0.2) is 18.2 Å². The number of phenols is 1. The van der Waals surface area contributed by atoms with Gasteiger partial charge in [0.2, 0.25) is 0 Å². The van der Waals surface area contributed by atoms with Gasteiger partial charge >= 0.3 is 0 Å². The second kappa shape index (κ2) is 5.98. The van der Waals surface area contributed by atoms with E-state index < -0.39 is 12.2 Å². The highest BCUT2D eigenvalue weighted by atomic mass is 79.9. The summed E-state index contributed by atoms with van der Waals surface area (Å²) in [6.07, 6.45) is -1.32. The van der Waals surface area contributed by atoms with E-state index in [0.29, 0.717) is 18.0 Å². The van der Waals surface area contributed by atoms with Crippen LogP contribution in [0.1, 0.15) is 28.4 Å². The number of carbonyl (C=O) groups excluding carboxylic acids is 1. The summed E-state index contributed by atoms with van der Waals surface area (Å²) in [5, 5.41) is 29.6. The van der Waals surface area contributed by atoms with E-state index in [1.165, 1.54) is 12.1 Å². The number of aliphatic hydroxyl groups is 2. The zero-order chi connectivity index (χ0) is 12.1. The molecule has 16 heavy (non-hydrogen) atoms. The predicted octanol–water partition coefficient (Wildman–Crippen LogP) is 1.38. The molecule has 2 atom stereocenters. The topological polar surface area (TPSA) is 77.8 Å². The molecule has 0 heterocycles. The van der Waals surface area contributed by atoms with E-state index in [2.05, 4.69) is 15.9 Å². The Kier molecular flexibility index (Phi) is 4.92. The maximum Gasteiger partial charge on any atom is 0.153 e. The first-order chi connectivity index (χ1) is 7.61. The number of phenolic OH excluding ortho intramolecular Hbond substituents is 1. The van der Waals surface area contributed by atoms with Crippen LogP contribution in [-0.2, 0) is 0 Å². The average Bonchev–Trinajstić information content (AvgIpc) is 2.29. The van der Waals surface area contributed by atoms with Crippen LogP contribution >= 0.6 is 15.9 Å². The molecule has 0 spiro atoms. The molecule has 1 aromatic rings. The minimum atomic E-state index is -1.20. The van der Waals surface area contributed by atoms with Gasteiger partial charge in [-0.1, -0.05) is 28.1 Å². The lowest BCUT2D eigenvalue weighted by Gasteiger charge is -2.18. The molecule has 3 N–H and O–H groups in total. The van der Waals surface area contributed by atoms with E-state index in [-0.39, 0.29) is 16.9 Å². The first-order valence-corrected chi connectivity index (χ1v) is 5.93. The average molecular weight is 289 g/mol. The van der Waals surface area contributed by atoms with Crippen molar-refractivity contribution in [1.82, 2.24) is 0 Å². The lowest BCUT2D eigenvalue weighted by atomic mass is 9.99. The molecular formula is C11H13BrO4. The largest absolute Gasteiger partial charge is 0.507 e. The number of rotatable bonds is 5. The molecule has 0 radical (unpaired) electrons. The maximum absolute atomic E-state index is 10.6. The minimum absolute atomic E-state index is 0.0996. The summed E-state index contributed by atoms with van der Waals surface area (Å²) >= 11 is 3.15. The summed E-state index contributed by atoms with van der Waals surface area (Å²) in [6.45, 7) is 0. The van der Waals surface area contributed by atoms with E-state index in [1.807, 2.05) is 0 Å². The number of halogens is 1. The van der Waals surface area contributed by atoms with Gasteiger partial charge in [0.1, 0.15) is 11.9 Å². The number of benzene rings is 1. The Morgan fingerprint density at radius 2 is 2.06 bits per heavy atom. The lowest BCUT2D eigenvalue weighted by Crippen LogP contribution is -2.18. The fourth-order valence-corrected chi connectivity index (χ4v) is 1.86. The number of alkyl halides is 1. The van der Waals surface area contributed by atoms with Crippen molar-refractivity contribution in [3.63, 3.8) is 0 Å². The Labute approximate surface area is 102 Å². The Bertz CT molecular complexity index is 367. The quantitative estimate of drug-likeness (QED) is 0.565. The van der Waals surface area contributed by atoms with E-state index >= 15 is 0 Å². The van der Waals surface area contributed by atoms with Crippen molar-refractivity contribution >= 4 is 22.2 Å². The number of aldehydes is 1. The highest BCUT2D eigenvalue weighted by Gasteiger charge is 2.21. The lowest BCUT2D eigenvalue weighted by molar-refractivity contribution is 0.0160. The van der Waals surface area contributed by atoms with Gasteiger partial charge in [-0.15, -0.1) is 0 Å². The number of hydrogen-bond acceptors (Lipinski definition) is 4. The summed E-state index contributed by atoms with van der Waals surface area (Å²) in [7, 11) is 0. The van der Waals surface area contributed by atoms with Crippen LogP contribution in [0.2, 0.25) is 0 Å². The highest BCUT2D eigenvalue weighted by molar-refractivity contribution is 9.09.